The van der Waals surface area contributed by atoms with Crippen LogP contribution in [0.25, 0.3) is 5.65 Å². The van der Waals surface area contributed by atoms with Crippen LogP contribution in [0.3, 0.4) is 0 Å². The van der Waals surface area contributed by atoms with Gasteiger partial charge in [0.05, 0.1) is 31.4 Å². The Hall–Kier alpha value is -1.92. The molecule has 96 valence electrons. The van der Waals surface area contributed by atoms with Gasteiger partial charge >= 0.3 is 0 Å². The number of pyridine rings is 1. The van der Waals surface area contributed by atoms with Crippen molar-refractivity contribution in [3.8, 4) is 0 Å². The Labute approximate surface area is 104 Å². The van der Waals surface area contributed by atoms with E-state index in [0.29, 0.717) is 5.69 Å². The number of aliphatic hydroxyl groups excluding tert-OH is 2. The zero-order valence-electron chi connectivity index (χ0n) is 9.78. The number of amides is 1. The Morgan fingerprint density at radius 1 is 1.39 bits per heavy atom. The second-order valence-electron chi connectivity index (χ2n) is 4.00. The number of hydrogen-bond acceptors (Lipinski definition) is 4. The van der Waals surface area contributed by atoms with Crippen LogP contribution in [0.2, 0.25) is 0 Å². The van der Waals surface area contributed by atoms with Crippen LogP contribution in [0, 0.1) is 0 Å². The van der Waals surface area contributed by atoms with E-state index in [0.717, 1.165) is 5.65 Å². The van der Waals surface area contributed by atoms with Gasteiger partial charge in [-0.05, 0) is 12.1 Å². The highest BCUT2D eigenvalue weighted by molar-refractivity contribution is 5.78. The lowest BCUT2D eigenvalue weighted by Gasteiger charge is -2.12. The Morgan fingerprint density at radius 2 is 2.17 bits per heavy atom. The summed E-state index contributed by atoms with van der Waals surface area (Å²) in [6.07, 6.45) is 3.76. The van der Waals surface area contributed by atoms with Gasteiger partial charge in [-0.25, -0.2) is 4.98 Å². The quantitative estimate of drug-likeness (QED) is 0.657. The van der Waals surface area contributed by atoms with E-state index in [1.54, 1.807) is 6.20 Å². The third-order valence-electron chi connectivity index (χ3n) is 2.56. The van der Waals surface area contributed by atoms with Gasteiger partial charge in [0.15, 0.2) is 0 Å². The lowest BCUT2D eigenvalue weighted by molar-refractivity contribution is -0.121. The van der Waals surface area contributed by atoms with Gasteiger partial charge in [-0.15, -0.1) is 0 Å². The smallest absolute Gasteiger partial charge is 0.226 e. The van der Waals surface area contributed by atoms with Crippen LogP contribution in [-0.4, -0.2) is 44.8 Å². The molecular weight excluding hydrogens is 234 g/mol. The number of nitrogens with zero attached hydrogens (tertiary/aromatic N) is 2. The van der Waals surface area contributed by atoms with Crippen molar-refractivity contribution in [3.63, 3.8) is 0 Å². The van der Waals surface area contributed by atoms with E-state index >= 15 is 0 Å². The second kappa shape index (κ2) is 5.61. The maximum absolute atomic E-state index is 11.6. The predicted molar refractivity (Wildman–Crippen MR) is 65.0 cm³/mol. The van der Waals surface area contributed by atoms with Gasteiger partial charge in [-0.2, -0.15) is 0 Å². The number of aromatic nitrogens is 2. The third-order valence-corrected chi connectivity index (χ3v) is 2.56. The number of hydrogen-bond donors (Lipinski definition) is 3. The maximum atomic E-state index is 11.6. The monoisotopic (exact) mass is 249 g/mol. The van der Waals surface area contributed by atoms with Crippen LogP contribution < -0.4 is 5.32 Å². The van der Waals surface area contributed by atoms with E-state index < -0.39 is 6.04 Å². The summed E-state index contributed by atoms with van der Waals surface area (Å²) in [6.45, 7) is -0.569. The fourth-order valence-corrected chi connectivity index (χ4v) is 1.66. The van der Waals surface area contributed by atoms with E-state index in [9.17, 15) is 4.79 Å². The summed E-state index contributed by atoms with van der Waals surface area (Å²) in [5, 5.41) is 20.2. The molecule has 2 aromatic heterocycles. The Kier molecular flexibility index (Phi) is 3.91. The summed E-state index contributed by atoms with van der Waals surface area (Å²) in [5.41, 5.74) is 1.43. The van der Waals surface area contributed by atoms with Crippen molar-refractivity contribution in [2.75, 3.05) is 13.2 Å². The molecule has 3 N–H and O–H groups in total. The summed E-state index contributed by atoms with van der Waals surface area (Å²) >= 11 is 0. The molecule has 2 rings (SSSR count). The molecule has 0 unspecified atom stereocenters. The highest BCUT2D eigenvalue weighted by Crippen LogP contribution is 2.05. The normalized spacial score (nSPS) is 11.1. The average molecular weight is 249 g/mol. The van der Waals surface area contributed by atoms with E-state index in [4.69, 9.17) is 10.2 Å². The summed E-state index contributed by atoms with van der Waals surface area (Å²) < 4.78 is 1.83. The molecule has 1 amide bonds. The number of imidazole rings is 1. The first-order valence-electron chi connectivity index (χ1n) is 5.66. The number of nitrogens with one attached hydrogen (secondary N) is 1. The van der Waals surface area contributed by atoms with Crippen molar-refractivity contribution in [2.45, 2.75) is 12.5 Å². The van der Waals surface area contributed by atoms with Gasteiger partial charge in [0, 0.05) is 12.4 Å². The minimum absolute atomic E-state index is 0.123. The van der Waals surface area contributed by atoms with Gasteiger partial charge in [-0.1, -0.05) is 6.07 Å². The standard InChI is InChI=1S/C12H15N3O3/c16-7-10(8-17)14-12(18)5-9-6-15-4-2-1-3-11(15)13-9/h1-4,6,10,16-17H,5,7-8H2,(H,14,18). The molecule has 6 heteroatoms. The highest BCUT2D eigenvalue weighted by Gasteiger charge is 2.12. The summed E-state index contributed by atoms with van der Waals surface area (Å²) in [7, 11) is 0. The number of carbonyl (C=O) groups is 1. The lowest BCUT2D eigenvalue weighted by Crippen LogP contribution is -2.40. The molecule has 0 saturated carbocycles. The minimum Gasteiger partial charge on any atom is -0.394 e. The summed E-state index contributed by atoms with van der Waals surface area (Å²) in [4.78, 5) is 15.9. The van der Waals surface area contributed by atoms with Crippen molar-refractivity contribution in [2.24, 2.45) is 0 Å². The molecule has 0 aliphatic rings. The lowest BCUT2D eigenvalue weighted by atomic mass is 10.2. The van der Waals surface area contributed by atoms with Crippen molar-refractivity contribution >= 4 is 11.6 Å². The van der Waals surface area contributed by atoms with Gasteiger partial charge < -0.3 is 19.9 Å². The molecular formula is C12H15N3O3. The number of carbonyl (C=O) groups excluding carboxylic acids is 1. The third kappa shape index (κ3) is 2.85. The van der Waals surface area contributed by atoms with E-state index in [1.807, 2.05) is 28.8 Å². The van der Waals surface area contributed by atoms with Crippen molar-refractivity contribution in [1.82, 2.24) is 14.7 Å². The highest BCUT2D eigenvalue weighted by atomic mass is 16.3. The second-order valence-corrected chi connectivity index (χ2v) is 4.00. The number of rotatable bonds is 5. The molecule has 0 saturated heterocycles. The van der Waals surface area contributed by atoms with Crippen LogP contribution in [0.1, 0.15) is 5.69 Å². The van der Waals surface area contributed by atoms with E-state index in [2.05, 4.69) is 10.3 Å². The molecule has 18 heavy (non-hydrogen) atoms. The maximum Gasteiger partial charge on any atom is 0.226 e. The van der Waals surface area contributed by atoms with Crippen molar-refractivity contribution in [1.29, 1.82) is 0 Å². The van der Waals surface area contributed by atoms with E-state index in [-0.39, 0.29) is 25.5 Å². The van der Waals surface area contributed by atoms with Gasteiger partial charge in [0.25, 0.3) is 0 Å². The molecule has 0 aliphatic heterocycles. The van der Waals surface area contributed by atoms with Gasteiger partial charge in [0.1, 0.15) is 5.65 Å². The van der Waals surface area contributed by atoms with Crippen LogP contribution >= 0.6 is 0 Å². The fraction of sp³-hybridized carbons (Fsp3) is 0.333. The summed E-state index contributed by atoms with van der Waals surface area (Å²) in [6, 6.07) is 4.99. The average Bonchev–Trinajstić information content (AvgIpc) is 2.77. The van der Waals surface area contributed by atoms with Gasteiger partial charge in [0.2, 0.25) is 5.91 Å². The Balaban J connectivity index is 2.02. The first-order valence-corrected chi connectivity index (χ1v) is 5.66. The van der Waals surface area contributed by atoms with Crippen LogP contribution in [0.4, 0.5) is 0 Å². The first-order chi connectivity index (χ1) is 8.72. The molecule has 0 fully saturated rings. The molecule has 0 atom stereocenters. The molecule has 0 aromatic carbocycles. The van der Waals surface area contributed by atoms with Crippen molar-refractivity contribution < 1.29 is 15.0 Å². The zero-order chi connectivity index (χ0) is 13.0. The predicted octanol–water partition coefficient (Wildman–Crippen LogP) is -0.654. The topological polar surface area (TPSA) is 86.9 Å². The number of aliphatic hydroxyl groups is 2. The Morgan fingerprint density at radius 3 is 2.83 bits per heavy atom. The van der Waals surface area contributed by atoms with Crippen LogP contribution in [0.5, 0.6) is 0 Å². The molecule has 6 nitrogen and oxygen atoms in total. The molecule has 2 aromatic rings. The molecule has 2 heterocycles. The summed E-state index contributed by atoms with van der Waals surface area (Å²) in [5.74, 6) is -0.272. The largest absolute Gasteiger partial charge is 0.394 e. The Bertz CT molecular complexity index is 501. The zero-order valence-corrected chi connectivity index (χ0v) is 9.78. The van der Waals surface area contributed by atoms with Crippen molar-refractivity contribution in [3.05, 3.63) is 36.3 Å². The molecule has 0 radical (unpaired) electrons. The van der Waals surface area contributed by atoms with E-state index in [1.165, 1.54) is 0 Å². The molecule has 0 aliphatic carbocycles. The fourth-order valence-electron chi connectivity index (χ4n) is 1.66. The number of fused-ring (bicyclic) bond motifs is 1. The minimum atomic E-state index is -0.616. The van der Waals surface area contributed by atoms with Crippen LogP contribution in [-0.2, 0) is 11.2 Å². The molecule has 0 spiro atoms. The molecule has 0 bridgehead atoms. The van der Waals surface area contributed by atoms with Gasteiger partial charge in [-0.3, -0.25) is 4.79 Å². The first kappa shape index (κ1) is 12.5. The SMILES string of the molecule is O=C(Cc1cn2ccccc2n1)NC(CO)CO. The van der Waals surface area contributed by atoms with Crippen LogP contribution in [0.15, 0.2) is 30.6 Å².